The Morgan fingerprint density at radius 3 is 2.41 bits per heavy atom. The lowest BCUT2D eigenvalue weighted by molar-refractivity contribution is 0.603. The minimum Gasteiger partial charge on any atom is -0.279 e. The second kappa shape index (κ2) is 8.13. The van der Waals surface area contributed by atoms with Crippen LogP contribution >= 0.6 is 11.3 Å². The molecule has 5 rings (SSSR count). The van der Waals surface area contributed by atoms with E-state index in [1.807, 2.05) is 49.4 Å². The van der Waals surface area contributed by atoms with E-state index < -0.39 is 10.0 Å². The van der Waals surface area contributed by atoms with Crippen LogP contribution in [0.3, 0.4) is 0 Å². The molecule has 1 N–H and O–H groups in total. The molecular weight excluding hydrogens is 444 g/mol. The molecule has 0 aliphatic carbocycles. The third kappa shape index (κ3) is 3.85. The largest absolute Gasteiger partial charge is 0.279 e. The summed E-state index contributed by atoms with van der Waals surface area (Å²) in [6.45, 7) is 2.00. The number of aromatic nitrogens is 5. The van der Waals surface area contributed by atoms with Crippen LogP contribution in [0.15, 0.2) is 77.3 Å². The second-order valence-corrected chi connectivity index (χ2v) is 10.1. The number of benzene rings is 1. The summed E-state index contributed by atoms with van der Waals surface area (Å²) in [6.07, 6.45) is 4.19. The van der Waals surface area contributed by atoms with Gasteiger partial charge in [0.25, 0.3) is 10.0 Å². The number of aryl methyl sites for hydroxylation is 1. The van der Waals surface area contributed by atoms with Gasteiger partial charge in [0.15, 0.2) is 11.5 Å². The fourth-order valence-corrected chi connectivity index (χ4v) is 5.59. The van der Waals surface area contributed by atoms with E-state index in [9.17, 15) is 8.42 Å². The van der Waals surface area contributed by atoms with Crippen LogP contribution < -0.4 is 4.72 Å². The molecule has 0 amide bonds. The van der Waals surface area contributed by atoms with Crippen molar-refractivity contribution in [2.45, 2.75) is 17.6 Å². The summed E-state index contributed by atoms with van der Waals surface area (Å²) >= 11 is 1.28. The first kappa shape index (κ1) is 20.3. The van der Waals surface area contributed by atoms with E-state index in [0.29, 0.717) is 27.1 Å². The van der Waals surface area contributed by atoms with Gasteiger partial charge in [-0.05, 0) is 55.0 Å². The number of sulfonamides is 1. The van der Waals surface area contributed by atoms with Gasteiger partial charge in [-0.15, -0.1) is 21.5 Å². The summed E-state index contributed by atoms with van der Waals surface area (Å²) < 4.78 is 29.9. The number of anilines is 1. The lowest BCUT2D eigenvalue weighted by atomic mass is 10.1. The van der Waals surface area contributed by atoms with Crippen LogP contribution in [0.5, 0.6) is 0 Å². The van der Waals surface area contributed by atoms with Crippen LogP contribution in [-0.2, 0) is 16.4 Å². The Hall–Kier alpha value is -3.63. The van der Waals surface area contributed by atoms with E-state index in [1.54, 1.807) is 35.1 Å². The third-order valence-electron chi connectivity index (χ3n) is 4.88. The molecule has 4 aromatic heterocycles. The number of rotatable bonds is 6. The molecule has 0 saturated heterocycles. The number of fused-ring (bicyclic) bond motifs is 1. The number of nitrogens with zero attached hydrogens (tertiary/aromatic N) is 5. The second-order valence-electron chi connectivity index (χ2n) is 7.01. The fourth-order valence-electron chi connectivity index (χ4n) is 3.23. The quantitative estimate of drug-likeness (QED) is 0.404. The van der Waals surface area contributed by atoms with Gasteiger partial charge in [-0.2, -0.15) is 9.61 Å². The van der Waals surface area contributed by atoms with E-state index in [4.69, 9.17) is 0 Å². The summed E-state index contributed by atoms with van der Waals surface area (Å²) in [6, 6.07) is 18.0. The van der Waals surface area contributed by atoms with Crippen molar-refractivity contribution in [3.05, 3.63) is 77.9 Å². The SMILES string of the molecule is CCc1ccc(S(=O)(=O)Nc2ccc(-c3ccc4nnc(-c5ccncc5)n4n3)cc2)s1. The molecule has 10 heteroatoms. The first-order chi connectivity index (χ1) is 15.5. The monoisotopic (exact) mass is 462 g/mol. The molecule has 0 spiro atoms. The smallest absolute Gasteiger partial charge is 0.271 e. The molecule has 0 aliphatic heterocycles. The predicted octanol–water partition coefficient (Wildman–Crippen LogP) is 4.28. The summed E-state index contributed by atoms with van der Waals surface area (Å²) in [7, 11) is -3.61. The van der Waals surface area contributed by atoms with Crippen molar-refractivity contribution < 1.29 is 8.42 Å². The van der Waals surface area contributed by atoms with E-state index >= 15 is 0 Å². The summed E-state index contributed by atoms with van der Waals surface area (Å²) in [4.78, 5) is 5.06. The van der Waals surface area contributed by atoms with Crippen molar-refractivity contribution in [3.63, 3.8) is 0 Å². The maximum atomic E-state index is 12.6. The maximum Gasteiger partial charge on any atom is 0.271 e. The molecule has 1 aromatic carbocycles. The molecule has 4 heterocycles. The van der Waals surface area contributed by atoms with Crippen molar-refractivity contribution >= 4 is 32.7 Å². The highest BCUT2D eigenvalue weighted by molar-refractivity contribution is 7.94. The Morgan fingerprint density at radius 2 is 1.69 bits per heavy atom. The van der Waals surface area contributed by atoms with Gasteiger partial charge in [0, 0.05) is 34.1 Å². The average molecular weight is 463 g/mol. The van der Waals surface area contributed by atoms with Crippen LogP contribution in [0, 0.1) is 0 Å². The first-order valence-electron chi connectivity index (χ1n) is 9.88. The standard InChI is InChI=1S/C22H18N6O2S2/c1-2-18-7-10-21(31-18)32(29,30)27-17-5-3-15(4-6-17)19-8-9-20-24-25-22(28(20)26-19)16-11-13-23-14-12-16/h3-14,27H,2H2,1H3. The lowest BCUT2D eigenvalue weighted by Gasteiger charge is -2.08. The molecule has 0 atom stereocenters. The Balaban J connectivity index is 1.42. The zero-order valence-corrected chi connectivity index (χ0v) is 18.6. The molecule has 0 radical (unpaired) electrons. The van der Waals surface area contributed by atoms with Crippen molar-refractivity contribution in [1.82, 2.24) is 24.8 Å². The molecular formula is C22H18N6O2S2. The maximum absolute atomic E-state index is 12.6. The van der Waals surface area contributed by atoms with Crippen LogP contribution in [0.25, 0.3) is 28.3 Å². The summed E-state index contributed by atoms with van der Waals surface area (Å²) in [5.74, 6) is 0.621. The van der Waals surface area contributed by atoms with Crippen LogP contribution in [-0.4, -0.2) is 33.2 Å². The minimum atomic E-state index is -3.61. The molecule has 160 valence electrons. The molecule has 0 aliphatic rings. The zero-order chi connectivity index (χ0) is 22.1. The van der Waals surface area contributed by atoms with Gasteiger partial charge >= 0.3 is 0 Å². The van der Waals surface area contributed by atoms with Crippen LogP contribution in [0.4, 0.5) is 5.69 Å². The Labute approximate surface area is 188 Å². The summed E-state index contributed by atoms with van der Waals surface area (Å²) in [5, 5.41) is 13.1. The van der Waals surface area contributed by atoms with Crippen molar-refractivity contribution in [2.24, 2.45) is 0 Å². The Morgan fingerprint density at radius 1 is 0.906 bits per heavy atom. The van der Waals surface area contributed by atoms with Crippen molar-refractivity contribution in [2.75, 3.05) is 4.72 Å². The molecule has 0 saturated carbocycles. The molecule has 32 heavy (non-hydrogen) atoms. The Bertz CT molecular complexity index is 1490. The van der Waals surface area contributed by atoms with Crippen LogP contribution in [0.1, 0.15) is 11.8 Å². The fraction of sp³-hybridized carbons (Fsp3) is 0.0909. The zero-order valence-electron chi connectivity index (χ0n) is 17.0. The number of nitrogens with one attached hydrogen (secondary N) is 1. The van der Waals surface area contributed by atoms with Gasteiger partial charge in [0.2, 0.25) is 0 Å². The van der Waals surface area contributed by atoms with Gasteiger partial charge in [-0.1, -0.05) is 19.1 Å². The van der Waals surface area contributed by atoms with Gasteiger partial charge in [-0.25, -0.2) is 8.42 Å². The highest BCUT2D eigenvalue weighted by atomic mass is 32.2. The van der Waals surface area contributed by atoms with Gasteiger partial charge in [0.05, 0.1) is 5.69 Å². The highest BCUT2D eigenvalue weighted by Crippen LogP contribution is 2.26. The normalized spacial score (nSPS) is 11.7. The van der Waals surface area contributed by atoms with E-state index in [0.717, 1.165) is 22.4 Å². The number of pyridine rings is 1. The molecule has 8 nitrogen and oxygen atoms in total. The van der Waals surface area contributed by atoms with E-state index in [2.05, 4.69) is 25.0 Å². The van der Waals surface area contributed by atoms with Gasteiger partial charge in [0.1, 0.15) is 4.21 Å². The average Bonchev–Trinajstić information content (AvgIpc) is 3.47. The molecule has 5 aromatic rings. The highest BCUT2D eigenvalue weighted by Gasteiger charge is 2.17. The molecule has 0 fully saturated rings. The van der Waals surface area contributed by atoms with E-state index in [1.165, 1.54) is 11.3 Å². The summed E-state index contributed by atoms with van der Waals surface area (Å²) in [5.41, 5.74) is 3.54. The number of hydrogen-bond donors (Lipinski definition) is 1. The molecule has 0 bridgehead atoms. The first-order valence-corrected chi connectivity index (χ1v) is 12.2. The third-order valence-corrected chi connectivity index (χ3v) is 7.99. The van der Waals surface area contributed by atoms with E-state index in [-0.39, 0.29) is 0 Å². The lowest BCUT2D eigenvalue weighted by Crippen LogP contribution is -2.11. The topological polar surface area (TPSA) is 102 Å². The van der Waals surface area contributed by atoms with Gasteiger partial charge in [-0.3, -0.25) is 9.71 Å². The number of thiophene rings is 1. The van der Waals surface area contributed by atoms with Crippen molar-refractivity contribution in [1.29, 1.82) is 0 Å². The predicted molar refractivity (Wildman–Crippen MR) is 124 cm³/mol. The van der Waals surface area contributed by atoms with Crippen molar-refractivity contribution in [3.8, 4) is 22.6 Å². The Kier molecular flexibility index (Phi) is 5.16. The molecule has 0 unspecified atom stereocenters. The minimum absolute atomic E-state index is 0.307. The van der Waals surface area contributed by atoms with Gasteiger partial charge < -0.3 is 0 Å². The number of hydrogen-bond acceptors (Lipinski definition) is 7. The van der Waals surface area contributed by atoms with Crippen LogP contribution in [0.2, 0.25) is 0 Å².